The van der Waals surface area contributed by atoms with Gasteiger partial charge in [-0.2, -0.15) is 0 Å². The molecule has 3 rings (SSSR count). The van der Waals surface area contributed by atoms with Gasteiger partial charge in [0.15, 0.2) is 0 Å². The maximum absolute atomic E-state index is 6.03. The number of rotatable bonds is 3. The summed E-state index contributed by atoms with van der Waals surface area (Å²) in [6, 6.07) is 9.51. The summed E-state index contributed by atoms with van der Waals surface area (Å²) in [4.78, 5) is 5.08. The van der Waals surface area contributed by atoms with E-state index in [-0.39, 0.29) is 0 Å². The van der Waals surface area contributed by atoms with Gasteiger partial charge in [-0.25, -0.2) is 0 Å². The fraction of sp³-hybridized carbons (Fsp3) is 0.625. The summed E-state index contributed by atoms with van der Waals surface area (Å²) in [5, 5.41) is 0. The van der Waals surface area contributed by atoms with Gasteiger partial charge in [0.05, 0.1) is 7.11 Å². The molecule has 2 fully saturated rings. The molecule has 0 spiro atoms. The van der Waals surface area contributed by atoms with Crippen LogP contribution in [0.1, 0.15) is 19.3 Å². The molecule has 1 aliphatic carbocycles. The van der Waals surface area contributed by atoms with Crippen LogP contribution in [0, 0.1) is 0 Å². The van der Waals surface area contributed by atoms with Crippen LogP contribution in [-0.2, 0) is 0 Å². The molecule has 4 heteroatoms. The van der Waals surface area contributed by atoms with Crippen LogP contribution >= 0.6 is 0 Å². The number of methoxy groups -OCH3 is 1. The van der Waals surface area contributed by atoms with E-state index in [1.54, 1.807) is 7.11 Å². The molecular weight excluding hydrogens is 250 g/mol. The highest BCUT2D eigenvalue weighted by molar-refractivity contribution is 5.51. The third kappa shape index (κ3) is 2.91. The van der Waals surface area contributed by atoms with Crippen LogP contribution in [0.5, 0.6) is 5.75 Å². The van der Waals surface area contributed by atoms with Crippen molar-refractivity contribution in [3.63, 3.8) is 0 Å². The van der Waals surface area contributed by atoms with E-state index in [4.69, 9.17) is 10.5 Å². The first kappa shape index (κ1) is 13.7. The molecule has 1 heterocycles. The summed E-state index contributed by atoms with van der Waals surface area (Å²) in [6.07, 6.45) is 3.65. The highest BCUT2D eigenvalue weighted by Crippen LogP contribution is 2.26. The Morgan fingerprint density at radius 3 is 2.60 bits per heavy atom. The Hall–Kier alpha value is -1.26. The van der Waals surface area contributed by atoms with Gasteiger partial charge in [0.25, 0.3) is 0 Å². The smallest absolute Gasteiger partial charge is 0.120 e. The molecule has 110 valence electrons. The minimum Gasteiger partial charge on any atom is -0.497 e. The molecule has 2 N–H and O–H groups in total. The standard InChI is InChI=1S/C16H25N3O/c1-20-16-4-2-3-14(12-16)18-7-9-19(10-8-18)15-6-5-13(17)11-15/h2-4,12-13,15H,5-11,17H2,1H3. The van der Waals surface area contributed by atoms with Crippen molar-refractivity contribution in [1.29, 1.82) is 0 Å². The molecule has 1 saturated heterocycles. The monoisotopic (exact) mass is 275 g/mol. The molecule has 1 aliphatic heterocycles. The summed E-state index contributed by atoms with van der Waals surface area (Å²) in [7, 11) is 1.72. The van der Waals surface area contributed by atoms with Crippen molar-refractivity contribution in [1.82, 2.24) is 4.90 Å². The Labute approximate surface area is 121 Å². The minimum absolute atomic E-state index is 0.427. The number of ether oxygens (including phenoxy) is 1. The molecule has 0 radical (unpaired) electrons. The Kier molecular flexibility index (Phi) is 4.13. The van der Waals surface area contributed by atoms with E-state index in [1.807, 2.05) is 6.07 Å². The van der Waals surface area contributed by atoms with Gasteiger partial charge in [0.2, 0.25) is 0 Å². The summed E-state index contributed by atoms with van der Waals surface area (Å²) in [5.74, 6) is 0.937. The zero-order chi connectivity index (χ0) is 13.9. The van der Waals surface area contributed by atoms with Gasteiger partial charge in [-0.1, -0.05) is 6.07 Å². The molecule has 2 aliphatic rings. The van der Waals surface area contributed by atoms with Crippen LogP contribution in [0.3, 0.4) is 0 Å². The summed E-state index contributed by atoms with van der Waals surface area (Å²) in [5.41, 5.74) is 7.30. The number of hydrogen-bond acceptors (Lipinski definition) is 4. The second kappa shape index (κ2) is 6.02. The third-order valence-corrected chi connectivity index (χ3v) is 4.69. The van der Waals surface area contributed by atoms with Gasteiger partial charge in [-0.3, -0.25) is 4.90 Å². The van der Waals surface area contributed by atoms with Crippen LogP contribution in [-0.4, -0.2) is 50.3 Å². The van der Waals surface area contributed by atoms with Crippen molar-refractivity contribution < 1.29 is 4.74 Å². The lowest BCUT2D eigenvalue weighted by Crippen LogP contribution is -2.50. The lowest BCUT2D eigenvalue weighted by Gasteiger charge is -2.39. The second-order valence-corrected chi connectivity index (χ2v) is 5.95. The normalized spacial score (nSPS) is 27.8. The maximum Gasteiger partial charge on any atom is 0.120 e. The maximum atomic E-state index is 6.03. The van der Waals surface area contributed by atoms with E-state index in [1.165, 1.54) is 24.9 Å². The fourth-order valence-electron chi connectivity index (χ4n) is 3.48. The minimum atomic E-state index is 0.427. The molecule has 0 bridgehead atoms. The van der Waals surface area contributed by atoms with Crippen molar-refractivity contribution in [3.05, 3.63) is 24.3 Å². The molecule has 1 aromatic rings. The molecule has 2 unspecified atom stereocenters. The Bertz CT molecular complexity index is 443. The van der Waals surface area contributed by atoms with E-state index in [0.29, 0.717) is 6.04 Å². The molecule has 2 atom stereocenters. The highest BCUT2D eigenvalue weighted by atomic mass is 16.5. The summed E-state index contributed by atoms with van der Waals surface area (Å²) in [6.45, 7) is 4.49. The average molecular weight is 275 g/mol. The molecule has 20 heavy (non-hydrogen) atoms. The van der Waals surface area contributed by atoms with Crippen LogP contribution in [0.4, 0.5) is 5.69 Å². The lowest BCUT2D eigenvalue weighted by molar-refractivity contribution is 0.186. The van der Waals surface area contributed by atoms with E-state index in [2.05, 4.69) is 28.0 Å². The zero-order valence-corrected chi connectivity index (χ0v) is 12.3. The van der Waals surface area contributed by atoms with Gasteiger partial charge in [0.1, 0.15) is 5.75 Å². The van der Waals surface area contributed by atoms with Crippen LogP contribution in [0.25, 0.3) is 0 Å². The fourth-order valence-corrected chi connectivity index (χ4v) is 3.48. The van der Waals surface area contributed by atoms with Crippen molar-refractivity contribution in [2.45, 2.75) is 31.3 Å². The van der Waals surface area contributed by atoms with Crippen molar-refractivity contribution in [2.75, 3.05) is 38.2 Å². The number of benzene rings is 1. The van der Waals surface area contributed by atoms with E-state index < -0.39 is 0 Å². The summed E-state index contributed by atoms with van der Waals surface area (Å²) >= 11 is 0. The van der Waals surface area contributed by atoms with Gasteiger partial charge in [-0.15, -0.1) is 0 Å². The molecule has 4 nitrogen and oxygen atoms in total. The number of hydrogen-bond donors (Lipinski definition) is 1. The first-order valence-corrected chi connectivity index (χ1v) is 7.65. The quantitative estimate of drug-likeness (QED) is 0.911. The average Bonchev–Trinajstić information content (AvgIpc) is 2.94. The second-order valence-electron chi connectivity index (χ2n) is 5.95. The Morgan fingerprint density at radius 2 is 1.95 bits per heavy atom. The molecule has 0 amide bonds. The van der Waals surface area contributed by atoms with Crippen molar-refractivity contribution in [2.24, 2.45) is 5.73 Å². The van der Waals surface area contributed by atoms with Gasteiger partial charge in [-0.05, 0) is 31.4 Å². The van der Waals surface area contributed by atoms with Crippen LogP contribution in [0.15, 0.2) is 24.3 Å². The number of nitrogens with zero attached hydrogens (tertiary/aromatic N) is 2. The van der Waals surface area contributed by atoms with Gasteiger partial charge in [0, 0.05) is 50.0 Å². The first-order valence-electron chi connectivity index (χ1n) is 7.65. The van der Waals surface area contributed by atoms with E-state index in [0.717, 1.165) is 38.0 Å². The van der Waals surface area contributed by atoms with Crippen molar-refractivity contribution >= 4 is 5.69 Å². The largest absolute Gasteiger partial charge is 0.497 e. The predicted octanol–water partition coefficient (Wildman–Crippen LogP) is 1.70. The number of nitrogens with two attached hydrogens (primary N) is 1. The number of anilines is 1. The van der Waals surface area contributed by atoms with Crippen molar-refractivity contribution in [3.8, 4) is 5.75 Å². The van der Waals surface area contributed by atoms with Gasteiger partial charge < -0.3 is 15.4 Å². The number of piperazine rings is 1. The molecule has 1 saturated carbocycles. The highest BCUT2D eigenvalue weighted by Gasteiger charge is 2.29. The van der Waals surface area contributed by atoms with E-state index >= 15 is 0 Å². The summed E-state index contributed by atoms with van der Waals surface area (Å²) < 4.78 is 5.31. The van der Waals surface area contributed by atoms with E-state index in [9.17, 15) is 0 Å². The van der Waals surface area contributed by atoms with Gasteiger partial charge >= 0.3 is 0 Å². The SMILES string of the molecule is COc1cccc(N2CCN(C3CCC(N)C3)CC2)c1. The molecule has 0 aromatic heterocycles. The molecular formula is C16H25N3O. The zero-order valence-electron chi connectivity index (χ0n) is 12.3. The molecule has 1 aromatic carbocycles. The third-order valence-electron chi connectivity index (χ3n) is 4.69. The first-order chi connectivity index (χ1) is 9.76. The lowest BCUT2D eigenvalue weighted by atomic mass is 10.1. The topological polar surface area (TPSA) is 41.7 Å². The van der Waals surface area contributed by atoms with Crippen LogP contribution in [0.2, 0.25) is 0 Å². The van der Waals surface area contributed by atoms with Crippen LogP contribution < -0.4 is 15.4 Å². The Balaban J connectivity index is 1.58. The predicted molar refractivity (Wildman–Crippen MR) is 82.4 cm³/mol. The Morgan fingerprint density at radius 1 is 1.15 bits per heavy atom.